The molecule has 1 N–H and O–H groups in total. The van der Waals surface area contributed by atoms with Crippen LogP contribution >= 0.6 is 24.0 Å². The van der Waals surface area contributed by atoms with Crippen molar-refractivity contribution in [2.45, 2.75) is 6.42 Å². The van der Waals surface area contributed by atoms with Crippen LogP contribution in [0.15, 0.2) is 71.7 Å². The maximum Gasteiger partial charge on any atom is 0.266 e. The highest BCUT2D eigenvalue weighted by atomic mass is 32.2. The molecule has 1 saturated heterocycles. The van der Waals surface area contributed by atoms with Gasteiger partial charge in [0.1, 0.15) is 10.1 Å². The smallest absolute Gasteiger partial charge is 0.266 e. The number of benzene rings is 2. The van der Waals surface area contributed by atoms with Gasteiger partial charge in [0.05, 0.1) is 4.91 Å². The van der Waals surface area contributed by atoms with E-state index in [4.69, 9.17) is 12.2 Å². The molecule has 2 aromatic carbocycles. The molecule has 1 aliphatic rings. The Hall–Kier alpha value is -2.77. The van der Waals surface area contributed by atoms with Gasteiger partial charge in [0.2, 0.25) is 5.91 Å². The van der Waals surface area contributed by atoms with E-state index in [1.807, 2.05) is 36.4 Å². The van der Waals surface area contributed by atoms with Gasteiger partial charge in [-0.05, 0) is 29.8 Å². The topological polar surface area (TPSA) is 49.4 Å². The summed E-state index contributed by atoms with van der Waals surface area (Å²) in [6.45, 7) is 0.172. The standard InChI is InChI=1S/C21H17FN2O2S2/c22-16-9-5-10-17(14-16)23-19(25)12-13-24-20(26)18(28-21(24)27)11-4-8-15-6-2-1-3-7-15/h1-11,14H,12-13H2,(H,23,25)/b8-4+,18-11-. The molecule has 2 amide bonds. The molecule has 1 fully saturated rings. The van der Waals surface area contributed by atoms with Crippen molar-refractivity contribution in [1.82, 2.24) is 4.90 Å². The number of amides is 2. The van der Waals surface area contributed by atoms with Crippen LogP contribution in [0.1, 0.15) is 12.0 Å². The number of rotatable bonds is 6. The first-order valence-electron chi connectivity index (χ1n) is 8.55. The second-order valence-electron chi connectivity index (χ2n) is 5.93. The molecular formula is C21H17FN2O2S2. The van der Waals surface area contributed by atoms with E-state index in [9.17, 15) is 14.0 Å². The molecule has 7 heteroatoms. The van der Waals surface area contributed by atoms with E-state index in [2.05, 4.69) is 5.32 Å². The quantitative estimate of drug-likeness (QED) is 0.556. The third-order valence-corrected chi connectivity index (χ3v) is 5.28. The summed E-state index contributed by atoms with van der Waals surface area (Å²) in [6.07, 6.45) is 5.49. The molecule has 1 aliphatic heterocycles. The Bertz CT molecular complexity index is 958. The first kappa shape index (κ1) is 20.0. The first-order valence-corrected chi connectivity index (χ1v) is 9.78. The predicted molar refractivity (Wildman–Crippen MR) is 115 cm³/mol. The molecule has 3 rings (SSSR count). The van der Waals surface area contributed by atoms with Crippen molar-refractivity contribution in [3.63, 3.8) is 0 Å². The van der Waals surface area contributed by atoms with Gasteiger partial charge in [0, 0.05) is 18.7 Å². The number of thioether (sulfide) groups is 1. The van der Waals surface area contributed by atoms with Crippen LogP contribution in [0.25, 0.3) is 6.08 Å². The number of nitrogens with one attached hydrogen (secondary N) is 1. The monoisotopic (exact) mass is 412 g/mol. The maximum atomic E-state index is 13.2. The molecule has 28 heavy (non-hydrogen) atoms. The molecular weight excluding hydrogens is 395 g/mol. The Morgan fingerprint density at radius 1 is 1.18 bits per heavy atom. The van der Waals surface area contributed by atoms with Crippen molar-refractivity contribution in [3.05, 3.63) is 83.0 Å². The summed E-state index contributed by atoms with van der Waals surface area (Å²) >= 11 is 6.47. The zero-order valence-electron chi connectivity index (χ0n) is 14.8. The lowest BCUT2D eigenvalue weighted by atomic mass is 10.2. The number of hydrogen-bond donors (Lipinski definition) is 1. The van der Waals surface area contributed by atoms with E-state index >= 15 is 0 Å². The largest absolute Gasteiger partial charge is 0.326 e. The summed E-state index contributed by atoms with van der Waals surface area (Å²) in [4.78, 5) is 26.5. The third kappa shape index (κ3) is 5.37. The van der Waals surface area contributed by atoms with Crippen LogP contribution in [0.2, 0.25) is 0 Å². The van der Waals surface area contributed by atoms with E-state index < -0.39 is 5.82 Å². The maximum absolute atomic E-state index is 13.2. The minimum atomic E-state index is -0.427. The van der Waals surface area contributed by atoms with Gasteiger partial charge in [-0.25, -0.2) is 4.39 Å². The van der Waals surface area contributed by atoms with Crippen LogP contribution in [0, 0.1) is 5.82 Å². The average molecular weight is 413 g/mol. The van der Waals surface area contributed by atoms with Gasteiger partial charge in [0.25, 0.3) is 5.91 Å². The van der Waals surface area contributed by atoms with Gasteiger partial charge in [-0.15, -0.1) is 0 Å². The van der Waals surface area contributed by atoms with Crippen molar-refractivity contribution in [2.24, 2.45) is 0 Å². The molecule has 0 saturated carbocycles. The van der Waals surface area contributed by atoms with Crippen LogP contribution in [-0.2, 0) is 9.59 Å². The Labute approximate surface area is 172 Å². The summed E-state index contributed by atoms with van der Waals surface area (Å²) in [5.74, 6) is -0.956. The normalized spacial score (nSPS) is 15.6. The molecule has 142 valence electrons. The van der Waals surface area contributed by atoms with E-state index in [0.29, 0.717) is 14.9 Å². The summed E-state index contributed by atoms with van der Waals surface area (Å²) in [5, 5.41) is 2.61. The van der Waals surface area contributed by atoms with Gasteiger partial charge < -0.3 is 5.32 Å². The number of thiocarbonyl (C=S) groups is 1. The van der Waals surface area contributed by atoms with Crippen LogP contribution in [0.5, 0.6) is 0 Å². The molecule has 1 heterocycles. The highest BCUT2D eigenvalue weighted by Crippen LogP contribution is 2.31. The van der Waals surface area contributed by atoms with E-state index in [-0.39, 0.29) is 24.8 Å². The lowest BCUT2D eigenvalue weighted by Crippen LogP contribution is -2.31. The predicted octanol–water partition coefficient (Wildman–Crippen LogP) is 4.61. The van der Waals surface area contributed by atoms with E-state index in [1.54, 1.807) is 18.2 Å². The molecule has 2 aromatic rings. The highest BCUT2D eigenvalue weighted by molar-refractivity contribution is 8.26. The van der Waals surface area contributed by atoms with Crippen molar-refractivity contribution < 1.29 is 14.0 Å². The Morgan fingerprint density at radius 3 is 2.71 bits per heavy atom. The molecule has 0 radical (unpaired) electrons. The van der Waals surface area contributed by atoms with E-state index in [1.165, 1.54) is 34.9 Å². The second-order valence-corrected chi connectivity index (χ2v) is 7.61. The number of anilines is 1. The summed E-state index contributed by atoms with van der Waals surface area (Å²) in [6, 6.07) is 15.4. The van der Waals surface area contributed by atoms with Crippen molar-refractivity contribution in [1.29, 1.82) is 0 Å². The third-order valence-electron chi connectivity index (χ3n) is 3.88. The van der Waals surface area contributed by atoms with Gasteiger partial charge in [0.15, 0.2) is 0 Å². The van der Waals surface area contributed by atoms with Gasteiger partial charge in [-0.1, -0.05) is 72.5 Å². The molecule has 4 nitrogen and oxygen atoms in total. The second kappa shape index (κ2) is 9.43. The van der Waals surface area contributed by atoms with E-state index in [0.717, 1.165) is 5.56 Å². The number of halogens is 1. The average Bonchev–Trinajstić information content (AvgIpc) is 2.94. The fraction of sp³-hybridized carbons (Fsp3) is 0.0952. The summed E-state index contributed by atoms with van der Waals surface area (Å²) in [5.41, 5.74) is 1.41. The van der Waals surface area contributed by atoms with Gasteiger partial charge in [-0.2, -0.15) is 0 Å². The number of hydrogen-bond acceptors (Lipinski definition) is 4. The number of nitrogens with zero attached hydrogens (tertiary/aromatic N) is 1. The highest BCUT2D eigenvalue weighted by Gasteiger charge is 2.31. The zero-order valence-corrected chi connectivity index (χ0v) is 16.4. The Morgan fingerprint density at radius 2 is 1.96 bits per heavy atom. The fourth-order valence-corrected chi connectivity index (χ4v) is 3.78. The van der Waals surface area contributed by atoms with Gasteiger partial charge >= 0.3 is 0 Å². The minimum Gasteiger partial charge on any atom is -0.326 e. The summed E-state index contributed by atoms with van der Waals surface area (Å²) < 4.78 is 13.6. The molecule has 0 unspecified atom stereocenters. The van der Waals surface area contributed by atoms with Crippen LogP contribution in [-0.4, -0.2) is 27.6 Å². The van der Waals surface area contributed by atoms with Crippen LogP contribution < -0.4 is 5.32 Å². The molecule has 0 spiro atoms. The molecule has 0 bridgehead atoms. The first-order chi connectivity index (χ1) is 13.5. The van der Waals surface area contributed by atoms with Crippen LogP contribution in [0.4, 0.5) is 10.1 Å². The lowest BCUT2D eigenvalue weighted by molar-refractivity contribution is -0.122. The summed E-state index contributed by atoms with van der Waals surface area (Å²) in [7, 11) is 0. The Balaban J connectivity index is 1.55. The van der Waals surface area contributed by atoms with Crippen molar-refractivity contribution >= 4 is 51.9 Å². The van der Waals surface area contributed by atoms with Crippen molar-refractivity contribution in [3.8, 4) is 0 Å². The number of carbonyl (C=O) groups is 2. The fourth-order valence-electron chi connectivity index (χ4n) is 2.52. The lowest BCUT2D eigenvalue weighted by Gasteiger charge is -2.14. The van der Waals surface area contributed by atoms with Crippen molar-refractivity contribution in [2.75, 3.05) is 11.9 Å². The van der Waals surface area contributed by atoms with Gasteiger partial charge in [-0.3, -0.25) is 14.5 Å². The van der Waals surface area contributed by atoms with Crippen LogP contribution in [0.3, 0.4) is 0 Å². The SMILES string of the molecule is O=C(CCN1C(=O)/C(=C/C=C/c2ccccc2)SC1=S)Nc1cccc(F)c1. The Kier molecular flexibility index (Phi) is 6.73. The zero-order chi connectivity index (χ0) is 19.9. The molecule has 0 aliphatic carbocycles. The minimum absolute atomic E-state index is 0.0656. The molecule has 0 atom stereocenters. The number of allylic oxidation sites excluding steroid dienone is 2. The molecule has 0 aromatic heterocycles. The number of carbonyl (C=O) groups excluding carboxylic acids is 2.